The van der Waals surface area contributed by atoms with Crippen molar-refractivity contribution in [1.29, 1.82) is 0 Å². The van der Waals surface area contributed by atoms with Gasteiger partial charge in [0.2, 0.25) is 5.76 Å². The van der Waals surface area contributed by atoms with Gasteiger partial charge in [0.15, 0.2) is 6.61 Å². The highest BCUT2D eigenvalue weighted by molar-refractivity contribution is 5.96. The molecule has 3 aromatic rings. The number of anilines is 1. The zero-order valence-corrected chi connectivity index (χ0v) is 17.4. The number of furan rings is 1. The molecule has 0 saturated carbocycles. The highest BCUT2D eigenvalue weighted by atomic mass is 16.5. The Hall–Kier alpha value is -3.32. The number of amides is 1. The first-order valence-corrected chi connectivity index (χ1v) is 9.77. The first-order valence-electron chi connectivity index (χ1n) is 9.77. The Morgan fingerprint density at radius 1 is 1.07 bits per heavy atom. The van der Waals surface area contributed by atoms with Gasteiger partial charge in [-0.25, -0.2) is 4.79 Å². The van der Waals surface area contributed by atoms with Crippen LogP contribution in [0.15, 0.2) is 52.9 Å². The summed E-state index contributed by atoms with van der Waals surface area (Å²) < 4.78 is 16.3. The van der Waals surface area contributed by atoms with E-state index >= 15 is 0 Å². The third kappa shape index (κ3) is 5.18. The minimum Gasteiger partial charge on any atom is -0.450 e. The van der Waals surface area contributed by atoms with E-state index in [9.17, 15) is 9.59 Å². The molecule has 0 aliphatic carbocycles. The van der Waals surface area contributed by atoms with Crippen LogP contribution in [0.1, 0.15) is 28.6 Å². The molecule has 1 amide bonds. The summed E-state index contributed by atoms with van der Waals surface area (Å²) in [6, 6.07) is 15.1. The predicted octanol–water partition coefficient (Wildman–Crippen LogP) is 3.51. The van der Waals surface area contributed by atoms with Crippen molar-refractivity contribution in [1.82, 2.24) is 5.32 Å². The average Bonchev–Trinajstić information content (AvgIpc) is 3.13. The van der Waals surface area contributed by atoms with Crippen LogP contribution in [0.25, 0.3) is 11.0 Å². The largest absolute Gasteiger partial charge is 0.450 e. The number of ether oxygens (including phenoxy) is 2. The number of carbonyl (C=O) groups is 2. The van der Waals surface area contributed by atoms with Crippen LogP contribution in [0.2, 0.25) is 0 Å². The third-order valence-electron chi connectivity index (χ3n) is 4.61. The molecule has 30 heavy (non-hydrogen) atoms. The van der Waals surface area contributed by atoms with E-state index in [0.717, 1.165) is 16.6 Å². The van der Waals surface area contributed by atoms with Crippen molar-refractivity contribution in [3.05, 3.63) is 65.4 Å². The number of para-hydroxylation sites is 1. The Morgan fingerprint density at radius 3 is 2.50 bits per heavy atom. The van der Waals surface area contributed by atoms with Crippen molar-refractivity contribution < 1.29 is 23.5 Å². The number of carbonyl (C=O) groups excluding carboxylic acids is 2. The smallest absolute Gasteiger partial charge is 0.375 e. The summed E-state index contributed by atoms with van der Waals surface area (Å²) in [5.41, 5.74) is 3.23. The van der Waals surface area contributed by atoms with E-state index in [1.165, 1.54) is 0 Å². The molecule has 1 heterocycles. The predicted molar refractivity (Wildman–Crippen MR) is 114 cm³/mol. The third-order valence-corrected chi connectivity index (χ3v) is 4.61. The van der Waals surface area contributed by atoms with Crippen molar-refractivity contribution in [2.45, 2.75) is 20.1 Å². The molecule has 2 aromatic carbocycles. The van der Waals surface area contributed by atoms with E-state index in [0.29, 0.717) is 24.3 Å². The van der Waals surface area contributed by atoms with E-state index in [4.69, 9.17) is 13.9 Å². The van der Waals surface area contributed by atoms with Crippen molar-refractivity contribution >= 4 is 28.5 Å². The van der Waals surface area contributed by atoms with E-state index in [2.05, 4.69) is 5.32 Å². The summed E-state index contributed by atoms with van der Waals surface area (Å²) in [6.45, 7) is 2.57. The second-order valence-electron chi connectivity index (χ2n) is 6.96. The SMILES string of the molecule is CCOCc1c(C(=O)OCC(=O)NCc2ccc(N(C)C)cc2)oc2ccccc12. The summed E-state index contributed by atoms with van der Waals surface area (Å²) in [7, 11) is 3.93. The van der Waals surface area contributed by atoms with Crippen LogP contribution in [0.5, 0.6) is 0 Å². The fourth-order valence-electron chi connectivity index (χ4n) is 2.97. The molecule has 158 valence electrons. The normalized spacial score (nSPS) is 10.8. The van der Waals surface area contributed by atoms with Gasteiger partial charge in [0, 0.05) is 43.9 Å². The van der Waals surface area contributed by atoms with Gasteiger partial charge in [0.1, 0.15) is 5.58 Å². The van der Waals surface area contributed by atoms with Gasteiger partial charge < -0.3 is 24.1 Å². The highest BCUT2D eigenvalue weighted by Gasteiger charge is 2.22. The molecular formula is C23H26N2O5. The standard InChI is InChI=1S/C23H26N2O5/c1-4-28-14-19-18-7-5-6-8-20(18)30-22(19)23(27)29-15-21(26)24-13-16-9-11-17(12-10-16)25(2)3/h5-12H,4,13-15H2,1-3H3,(H,24,26). The Labute approximate surface area is 175 Å². The van der Waals surface area contributed by atoms with Crippen LogP contribution < -0.4 is 10.2 Å². The maximum Gasteiger partial charge on any atom is 0.375 e. The maximum atomic E-state index is 12.5. The Morgan fingerprint density at radius 2 is 1.80 bits per heavy atom. The quantitative estimate of drug-likeness (QED) is 0.544. The van der Waals surface area contributed by atoms with E-state index in [-0.39, 0.29) is 24.9 Å². The lowest BCUT2D eigenvalue weighted by atomic mass is 10.1. The van der Waals surface area contributed by atoms with Gasteiger partial charge in [-0.05, 0) is 30.7 Å². The zero-order chi connectivity index (χ0) is 21.5. The van der Waals surface area contributed by atoms with Crippen LogP contribution in [-0.2, 0) is 27.4 Å². The van der Waals surface area contributed by atoms with E-state index in [1.807, 2.05) is 68.4 Å². The first-order chi connectivity index (χ1) is 14.5. The van der Waals surface area contributed by atoms with Crippen molar-refractivity contribution in [2.75, 3.05) is 32.2 Å². The van der Waals surface area contributed by atoms with Gasteiger partial charge >= 0.3 is 5.97 Å². The molecule has 0 aliphatic rings. The summed E-state index contributed by atoms with van der Waals surface area (Å²) in [6.07, 6.45) is 0. The van der Waals surface area contributed by atoms with Gasteiger partial charge in [0.25, 0.3) is 5.91 Å². The number of benzene rings is 2. The molecule has 0 bridgehead atoms. The molecule has 3 rings (SSSR count). The first kappa shape index (κ1) is 21.4. The van der Waals surface area contributed by atoms with Crippen LogP contribution >= 0.6 is 0 Å². The summed E-state index contributed by atoms with van der Waals surface area (Å²) in [4.78, 5) is 26.6. The van der Waals surface area contributed by atoms with Crippen LogP contribution in [0, 0.1) is 0 Å². The molecule has 0 atom stereocenters. The number of rotatable bonds is 9. The number of nitrogens with one attached hydrogen (secondary N) is 1. The molecule has 0 aliphatic heterocycles. The van der Waals surface area contributed by atoms with Crippen LogP contribution in [0.3, 0.4) is 0 Å². The number of hydrogen-bond donors (Lipinski definition) is 1. The van der Waals surface area contributed by atoms with Gasteiger partial charge in [-0.1, -0.05) is 30.3 Å². The molecule has 0 saturated heterocycles. The zero-order valence-electron chi connectivity index (χ0n) is 17.4. The number of hydrogen-bond acceptors (Lipinski definition) is 6. The van der Waals surface area contributed by atoms with Gasteiger partial charge in [0.05, 0.1) is 6.61 Å². The van der Waals surface area contributed by atoms with Crippen molar-refractivity contribution in [3.63, 3.8) is 0 Å². The molecule has 7 nitrogen and oxygen atoms in total. The van der Waals surface area contributed by atoms with Crippen molar-refractivity contribution in [2.24, 2.45) is 0 Å². The van der Waals surface area contributed by atoms with E-state index in [1.54, 1.807) is 6.07 Å². The van der Waals surface area contributed by atoms with Crippen LogP contribution in [-0.4, -0.2) is 39.2 Å². The molecule has 0 fully saturated rings. The lowest BCUT2D eigenvalue weighted by Crippen LogP contribution is -2.28. The van der Waals surface area contributed by atoms with Gasteiger partial charge in [-0.2, -0.15) is 0 Å². The minimum absolute atomic E-state index is 0.0664. The number of fused-ring (bicyclic) bond motifs is 1. The summed E-state index contributed by atoms with van der Waals surface area (Å²) >= 11 is 0. The topological polar surface area (TPSA) is 81.0 Å². The fraction of sp³-hybridized carbons (Fsp3) is 0.304. The lowest BCUT2D eigenvalue weighted by molar-refractivity contribution is -0.124. The molecule has 1 N–H and O–H groups in total. The van der Waals surface area contributed by atoms with Gasteiger partial charge in [-0.15, -0.1) is 0 Å². The maximum absolute atomic E-state index is 12.5. The second-order valence-corrected chi connectivity index (χ2v) is 6.96. The Balaban J connectivity index is 1.57. The monoisotopic (exact) mass is 410 g/mol. The second kappa shape index (κ2) is 9.93. The number of nitrogens with zero attached hydrogens (tertiary/aromatic N) is 1. The molecule has 0 radical (unpaired) electrons. The van der Waals surface area contributed by atoms with Gasteiger partial charge in [-0.3, -0.25) is 4.79 Å². The summed E-state index contributed by atoms with van der Waals surface area (Å²) in [5, 5.41) is 3.54. The molecule has 7 heteroatoms. The molecular weight excluding hydrogens is 384 g/mol. The summed E-state index contributed by atoms with van der Waals surface area (Å²) in [5.74, 6) is -1.01. The molecule has 1 aromatic heterocycles. The minimum atomic E-state index is -0.689. The molecule has 0 unspecified atom stereocenters. The molecule has 0 spiro atoms. The highest BCUT2D eigenvalue weighted by Crippen LogP contribution is 2.27. The Kier molecular flexibility index (Phi) is 7.08. The average molecular weight is 410 g/mol. The Bertz CT molecular complexity index is 1010. The lowest BCUT2D eigenvalue weighted by Gasteiger charge is -2.13. The fourth-order valence-corrected chi connectivity index (χ4v) is 2.97. The van der Waals surface area contributed by atoms with E-state index < -0.39 is 5.97 Å². The van der Waals surface area contributed by atoms with Crippen LogP contribution in [0.4, 0.5) is 5.69 Å². The number of esters is 1. The van der Waals surface area contributed by atoms with Crippen molar-refractivity contribution in [3.8, 4) is 0 Å².